The Morgan fingerprint density at radius 1 is 0.971 bits per heavy atom. The molecule has 1 N–H and O–H groups in total. The summed E-state index contributed by atoms with van der Waals surface area (Å²) < 4.78 is 16.3. The van der Waals surface area contributed by atoms with Gasteiger partial charge in [-0.05, 0) is 61.0 Å². The van der Waals surface area contributed by atoms with Crippen LogP contribution in [0.4, 0.5) is 11.4 Å². The van der Waals surface area contributed by atoms with Gasteiger partial charge >= 0.3 is 5.69 Å². The second-order valence-electron chi connectivity index (χ2n) is 6.84. The molecule has 0 radical (unpaired) electrons. The number of nitrogens with zero attached hydrogens (tertiary/aromatic N) is 3. The molecule has 180 valence electrons. The van der Waals surface area contributed by atoms with Crippen molar-refractivity contribution >= 4 is 23.5 Å². The van der Waals surface area contributed by atoms with Crippen molar-refractivity contribution in [1.29, 1.82) is 0 Å². The molecule has 0 atom stereocenters. The molecule has 3 rings (SSSR count). The lowest BCUT2D eigenvalue weighted by Crippen LogP contribution is -2.17. The van der Waals surface area contributed by atoms with Crippen molar-refractivity contribution in [3.05, 3.63) is 92.0 Å². The fourth-order valence-electron chi connectivity index (χ4n) is 2.90. The summed E-state index contributed by atoms with van der Waals surface area (Å²) in [7, 11) is 1.53. The first kappa shape index (κ1) is 24.6. The quantitative estimate of drug-likeness (QED) is 0.253. The number of hydrazone groups is 1. The van der Waals surface area contributed by atoms with Gasteiger partial charge in [-0.15, -0.1) is 0 Å². The highest BCUT2D eigenvalue weighted by Gasteiger charge is 2.22. The van der Waals surface area contributed by atoms with E-state index in [2.05, 4.69) is 10.5 Å². The topological polar surface area (TPSA) is 155 Å². The van der Waals surface area contributed by atoms with Gasteiger partial charge in [-0.25, -0.2) is 5.43 Å². The number of rotatable bonds is 10. The maximum atomic E-state index is 12.2. The van der Waals surface area contributed by atoms with Crippen molar-refractivity contribution in [2.24, 2.45) is 5.10 Å². The SMILES string of the molecule is CCOc1cc(/C=N\NC(=O)c2ccc(OC)cc2)ccc1Oc1ccc([N+](=O)[O-])cc1[N+](=O)[O-]. The first-order valence-electron chi connectivity index (χ1n) is 10.2. The zero-order valence-corrected chi connectivity index (χ0v) is 18.7. The summed E-state index contributed by atoms with van der Waals surface area (Å²) >= 11 is 0. The minimum Gasteiger partial charge on any atom is -0.497 e. The van der Waals surface area contributed by atoms with Crippen molar-refractivity contribution in [2.45, 2.75) is 6.92 Å². The number of benzene rings is 3. The Kier molecular flexibility index (Phi) is 7.90. The Hall–Kier alpha value is -5.00. The number of ether oxygens (including phenoxy) is 3. The Labute approximate surface area is 199 Å². The molecular formula is C23H20N4O8. The fraction of sp³-hybridized carbons (Fsp3) is 0.130. The predicted molar refractivity (Wildman–Crippen MR) is 125 cm³/mol. The molecule has 0 aliphatic rings. The van der Waals surface area contributed by atoms with Gasteiger partial charge in [0.05, 0.1) is 35.8 Å². The Bertz CT molecular complexity index is 1280. The van der Waals surface area contributed by atoms with Gasteiger partial charge in [0.15, 0.2) is 11.5 Å². The fourth-order valence-corrected chi connectivity index (χ4v) is 2.90. The summed E-state index contributed by atoms with van der Waals surface area (Å²) in [6.07, 6.45) is 1.39. The van der Waals surface area contributed by atoms with E-state index in [1.807, 2.05) is 0 Å². The highest BCUT2D eigenvalue weighted by Crippen LogP contribution is 2.38. The van der Waals surface area contributed by atoms with Gasteiger partial charge in [-0.3, -0.25) is 25.0 Å². The van der Waals surface area contributed by atoms with Crippen molar-refractivity contribution in [1.82, 2.24) is 5.43 Å². The summed E-state index contributed by atoms with van der Waals surface area (Å²) in [5.74, 6) is 0.428. The van der Waals surface area contributed by atoms with Crippen LogP contribution in [0.2, 0.25) is 0 Å². The largest absolute Gasteiger partial charge is 0.497 e. The third kappa shape index (κ3) is 6.28. The molecule has 3 aromatic rings. The summed E-state index contributed by atoms with van der Waals surface area (Å²) in [5, 5.41) is 26.2. The van der Waals surface area contributed by atoms with E-state index in [1.54, 1.807) is 43.3 Å². The molecule has 0 aliphatic carbocycles. The summed E-state index contributed by atoms with van der Waals surface area (Å²) in [5.41, 5.74) is 2.36. The lowest BCUT2D eigenvalue weighted by atomic mass is 10.2. The number of nitrogens with one attached hydrogen (secondary N) is 1. The van der Waals surface area contributed by atoms with Crippen LogP contribution in [0.5, 0.6) is 23.0 Å². The molecule has 0 saturated carbocycles. The van der Waals surface area contributed by atoms with Crippen LogP contribution in [-0.2, 0) is 0 Å². The molecule has 0 aromatic heterocycles. The van der Waals surface area contributed by atoms with Crippen molar-refractivity contribution < 1.29 is 28.9 Å². The predicted octanol–water partition coefficient (Wildman–Crippen LogP) is 4.47. The number of hydrogen-bond donors (Lipinski definition) is 1. The zero-order chi connectivity index (χ0) is 25.4. The number of carbonyl (C=O) groups excluding carboxylic acids is 1. The molecule has 0 fully saturated rings. The smallest absolute Gasteiger partial charge is 0.318 e. The third-order valence-corrected chi connectivity index (χ3v) is 4.57. The maximum Gasteiger partial charge on any atom is 0.318 e. The summed E-state index contributed by atoms with van der Waals surface area (Å²) in [6.45, 7) is 2.02. The molecule has 0 bridgehead atoms. The molecule has 12 nitrogen and oxygen atoms in total. The molecule has 3 aromatic carbocycles. The van der Waals surface area contributed by atoms with Gasteiger partial charge in [0.25, 0.3) is 11.6 Å². The average Bonchev–Trinajstić information content (AvgIpc) is 2.85. The molecule has 0 aliphatic heterocycles. The maximum absolute atomic E-state index is 12.2. The second kappa shape index (κ2) is 11.2. The Balaban J connectivity index is 1.78. The number of hydrogen-bond acceptors (Lipinski definition) is 9. The standard InChI is InChI=1S/C23H20N4O8/c1-3-34-22-12-15(14-24-25-23(28)16-5-8-18(33-2)9-6-16)4-10-21(22)35-20-11-7-17(26(29)30)13-19(20)27(31)32/h4-14H,3H2,1-2H3,(H,25,28)/b24-14-. The molecular weight excluding hydrogens is 460 g/mol. The van der Waals surface area contributed by atoms with Crippen molar-refractivity contribution in [2.75, 3.05) is 13.7 Å². The van der Waals surface area contributed by atoms with E-state index in [-0.39, 0.29) is 23.9 Å². The molecule has 12 heteroatoms. The van der Waals surface area contributed by atoms with E-state index in [0.717, 1.165) is 18.2 Å². The molecule has 35 heavy (non-hydrogen) atoms. The van der Waals surface area contributed by atoms with Crippen LogP contribution >= 0.6 is 0 Å². The van der Waals surface area contributed by atoms with Crippen LogP contribution < -0.4 is 19.6 Å². The Morgan fingerprint density at radius 3 is 2.31 bits per heavy atom. The third-order valence-electron chi connectivity index (χ3n) is 4.57. The lowest BCUT2D eigenvalue weighted by molar-refractivity contribution is -0.394. The van der Waals surface area contributed by atoms with E-state index in [0.29, 0.717) is 16.9 Å². The molecule has 0 heterocycles. The van der Waals surface area contributed by atoms with Crippen LogP contribution in [-0.4, -0.2) is 35.7 Å². The highest BCUT2D eigenvalue weighted by molar-refractivity contribution is 5.95. The molecule has 1 amide bonds. The van der Waals surface area contributed by atoms with Crippen LogP contribution in [0.3, 0.4) is 0 Å². The summed E-state index contributed by atoms with van der Waals surface area (Å²) in [6, 6.07) is 14.2. The van der Waals surface area contributed by atoms with Crippen LogP contribution in [0.15, 0.2) is 65.8 Å². The summed E-state index contributed by atoms with van der Waals surface area (Å²) in [4.78, 5) is 33.0. The lowest BCUT2D eigenvalue weighted by Gasteiger charge is -2.12. The van der Waals surface area contributed by atoms with Crippen molar-refractivity contribution in [3.8, 4) is 23.0 Å². The van der Waals surface area contributed by atoms with E-state index in [4.69, 9.17) is 14.2 Å². The van der Waals surface area contributed by atoms with Gasteiger partial charge in [0.2, 0.25) is 5.75 Å². The minimum absolute atomic E-state index is 0.156. The normalized spacial score (nSPS) is 10.6. The minimum atomic E-state index is -0.769. The van der Waals surface area contributed by atoms with Crippen LogP contribution in [0.1, 0.15) is 22.8 Å². The molecule has 0 saturated heterocycles. The zero-order valence-electron chi connectivity index (χ0n) is 18.7. The van der Waals surface area contributed by atoms with Gasteiger partial charge in [0.1, 0.15) is 5.75 Å². The van der Waals surface area contributed by atoms with E-state index >= 15 is 0 Å². The highest BCUT2D eigenvalue weighted by atomic mass is 16.6. The van der Waals surface area contributed by atoms with E-state index in [1.165, 1.54) is 19.4 Å². The van der Waals surface area contributed by atoms with E-state index < -0.39 is 27.1 Å². The van der Waals surface area contributed by atoms with Crippen LogP contribution in [0.25, 0.3) is 0 Å². The number of nitro benzene ring substituents is 2. The monoisotopic (exact) mass is 480 g/mol. The Morgan fingerprint density at radius 2 is 1.69 bits per heavy atom. The van der Waals surface area contributed by atoms with Gasteiger partial charge in [-0.2, -0.15) is 5.10 Å². The molecule has 0 spiro atoms. The second-order valence-corrected chi connectivity index (χ2v) is 6.84. The van der Waals surface area contributed by atoms with Gasteiger partial charge < -0.3 is 14.2 Å². The van der Waals surface area contributed by atoms with Gasteiger partial charge in [-0.1, -0.05) is 0 Å². The number of methoxy groups -OCH3 is 1. The van der Waals surface area contributed by atoms with Crippen molar-refractivity contribution in [3.63, 3.8) is 0 Å². The number of nitro groups is 2. The number of non-ortho nitro benzene ring substituents is 1. The number of carbonyl (C=O) groups is 1. The average molecular weight is 480 g/mol. The first-order valence-corrected chi connectivity index (χ1v) is 10.2. The van der Waals surface area contributed by atoms with E-state index in [9.17, 15) is 25.0 Å². The van der Waals surface area contributed by atoms with Gasteiger partial charge in [0, 0.05) is 11.6 Å². The van der Waals surface area contributed by atoms with Crippen LogP contribution in [0, 0.1) is 20.2 Å². The molecule has 0 unspecified atom stereocenters. The first-order chi connectivity index (χ1) is 16.8. The number of amides is 1.